The summed E-state index contributed by atoms with van der Waals surface area (Å²) in [5, 5.41) is 0. The Morgan fingerprint density at radius 1 is 1.00 bits per heavy atom. The summed E-state index contributed by atoms with van der Waals surface area (Å²) in [4.78, 5) is 2.40. The summed E-state index contributed by atoms with van der Waals surface area (Å²) >= 11 is 0. The second-order valence-electron chi connectivity index (χ2n) is 3.14. The SMILES string of the molecule is C=C(C)N1CCCCCC1.CC. The van der Waals surface area contributed by atoms with E-state index < -0.39 is 0 Å². The number of nitrogens with zero attached hydrogens (tertiary/aromatic N) is 1. The maximum absolute atomic E-state index is 3.95. The first-order valence-electron chi connectivity index (χ1n) is 5.21. The van der Waals surface area contributed by atoms with E-state index in [0.29, 0.717) is 0 Å². The first kappa shape index (κ1) is 11.5. The van der Waals surface area contributed by atoms with Gasteiger partial charge >= 0.3 is 0 Å². The Balaban J connectivity index is 0.000000561. The third-order valence-electron chi connectivity index (χ3n) is 2.15. The average Bonchev–Trinajstić information content (AvgIpc) is 2.35. The lowest BCUT2D eigenvalue weighted by atomic mass is 10.2. The van der Waals surface area contributed by atoms with Crippen LogP contribution in [0.4, 0.5) is 0 Å². The Labute approximate surface area is 77.5 Å². The maximum Gasteiger partial charge on any atom is 0.0174 e. The molecule has 12 heavy (non-hydrogen) atoms. The molecular weight excluding hydrogens is 146 g/mol. The highest BCUT2D eigenvalue weighted by Crippen LogP contribution is 2.12. The summed E-state index contributed by atoms with van der Waals surface area (Å²) in [6.07, 6.45) is 5.52. The van der Waals surface area contributed by atoms with Gasteiger partial charge in [0.25, 0.3) is 0 Å². The third kappa shape index (κ3) is 4.42. The largest absolute Gasteiger partial charge is 0.376 e. The van der Waals surface area contributed by atoms with Crippen molar-refractivity contribution in [3.8, 4) is 0 Å². The van der Waals surface area contributed by atoms with Gasteiger partial charge in [-0.2, -0.15) is 0 Å². The van der Waals surface area contributed by atoms with E-state index >= 15 is 0 Å². The van der Waals surface area contributed by atoms with Gasteiger partial charge in [-0.25, -0.2) is 0 Å². The second kappa shape index (κ2) is 7.20. The van der Waals surface area contributed by atoms with Crippen molar-refractivity contribution in [2.45, 2.75) is 46.5 Å². The minimum Gasteiger partial charge on any atom is -0.376 e. The molecule has 0 N–H and O–H groups in total. The standard InChI is InChI=1S/C9H17N.C2H6/c1-9(2)10-7-5-3-4-6-8-10;1-2/h1,3-8H2,2H3;1-2H3. The molecular formula is C11H23N. The lowest BCUT2D eigenvalue weighted by Gasteiger charge is -2.21. The Hall–Kier alpha value is -0.460. The molecule has 0 aromatic heterocycles. The number of allylic oxidation sites excluding steroid dienone is 1. The fraction of sp³-hybridized carbons (Fsp3) is 0.818. The van der Waals surface area contributed by atoms with Crippen LogP contribution in [-0.4, -0.2) is 18.0 Å². The zero-order valence-electron chi connectivity index (χ0n) is 8.90. The van der Waals surface area contributed by atoms with Gasteiger partial charge in [0.1, 0.15) is 0 Å². The topological polar surface area (TPSA) is 3.24 Å². The number of hydrogen-bond acceptors (Lipinski definition) is 1. The van der Waals surface area contributed by atoms with Crippen LogP contribution in [0.25, 0.3) is 0 Å². The van der Waals surface area contributed by atoms with Crippen LogP contribution in [0, 0.1) is 0 Å². The van der Waals surface area contributed by atoms with Crippen molar-refractivity contribution in [2.24, 2.45) is 0 Å². The van der Waals surface area contributed by atoms with Crippen LogP contribution >= 0.6 is 0 Å². The lowest BCUT2D eigenvalue weighted by molar-refractivity contribution is 0.361. The summed E-state index contributed by atoms with van der Waals surface area (Å²) in [6.45, 7) is 12.5. The normalized spacial score (nSPS) is 17.4. The first-order chi connectivity index (χ1) is 5.80. The van der Waals surface area contributed by atoms with Crippen molar-refractivity contribution >= 4 is 0 Å². The quantitative estimate of drug-likeness (QED) is 0.581. The van der Waals surface area contributed by atoms with Gasteiger partial charge in [0.05, 0.1) is 0 Å². The lowest BCUT2D eigenvalue weighted by Crippen LogP contribution is -2.21. The molecule has 0 aromatic rings. The van der Waals surface area contributed by atoms with E-state index in [1.54, 1.807) is 0 Å². The summed E-state index contributed by atoms with van der Waals surface area (Å²) < 4.78 is 0. The summed E-state index contributed by atoms with van der Waals surface area (Å²) in [6, 6.07) is 0. The molecule has 1 aliphatic rings. The van der Waals surface area contributed by atoms with Gasteiger partial charge in [-0.3, -0.25) is 0 Å². The molecule has 0 radical (unpaired) electrons. The minimum atomic E-state index is 1.23. The van der Waals surface area contributed by atoms with Crippen LogP contribution in [0.3, 0.4) is 0 Å². The Morgan fingerprint density at radius 2 is 1.42 bits per heavy atom. The molecule has 0 aliphatic carbocycles. The van der Waals surface area contributed by atoms with Gasteiger partial charge in [-0.15, -0.1) is 0 Å². The molecule has 0 atom stereocenters. The Kier molecular flexibility index (Phi) is 6.93. The van der Waals surface area contributed by atoms with Crippen LogP contribution in [0.2, 0.25) is 0 Å². The molecule has 0 bridgehead atoms. The minimum absolute atomic E-state index is 1.23. The fourth-order valence-electron chi connectivity index (χ4n) is 1.45. The number of likely N-dealkylation sites (tertiary alicyclic amines) is 1. The van der Waals surface area contributed by atoms with Crippen LogP contribution < -0.4 is 0 Å². The van der Waals surface area contributed by atoms with Crippen molar-refractivity contribution in [3.63, 3.8) is 0 Å². The van der Waals surface area contributed by atoms with Crippen molar-refractivity contribution in [2.75, 3.05) is 13.1 Å². The van der Waals surface area contributed by atoms with Gasteiger partial charge in [0, 0.05) is 18.8 Å². The Bertz CT molecular complexity index is 110. The fourth-order valence-corrected chi connectivity index (χ4v) is 1.45. The monoisotopic (exact) mass is 169 g/mol. The van der Waals surface area contributed by atoms with Crippen LogP contribution in [0.5, 0.6) is 0 Å². The first-order valence-corrected chi connectivity index (χ1v) is 5.21. The molecule has 1 aliphatic heterocycles. The summed E-state index contributed by atoms with van der Waals surface area (Å²) in [5.41, 5.74) is 1.24. The smallest absolute Gasteiger partial charge is 0.0174 e. The van der Waals surface area contributed by atoms with Gasteiger partial charge in [-0.05, 0) is 19.8 Å². The molecule has 1 heteroatoms. The zero-order chi connectivity index (χ0) is 9.40. The van der Waals surface area contributed by atoms with E-state index in [9.17, 15) is 0 Å². The molecule has 1 rings (SSSR count). The second-order valence-corrected chi connectivity index (χ2v) is 3.14. The van der Waals surface area contributed by atoms with Gasteiger partial charge in [0.15, 0.2) is 0 Å². The highest BCUT2D eigenvalue weighted by atomic mass is 15.1. The van der Waals surface area contributed by atoms with E-state index in [2.05, 4.69) is 18.4 Å². The van der Waals surface area contributed by atoms with Crippen LogP contribution in [0.15, 0.2) is 12.3 Å². The molecule has 1 nitrogen and oxygen atoms in total. The molecule has 0 amide bonds. The maximum atomic E-state index is 3.95. The molecule has 72 valence electrons. The average molecular weight is 169 g/mol. The predicted molar refractivity (Wildman–Crippen MR) is 56.2 cm³/mol. The van der Waals surface area contributed by atoms with Crippen molar-refractivity contribution < 1.29 is 0 Å². The molecule has 0 unspecified atom stereocenters. The van der Waals surface area contributed by atoms with E-state index in [1.165, 1.54) is 44.5 Å². The molecule has 0 saturated carbocycles. The van der Waals surface area contributed by atoms with Crippen LogP contribution in [-0.2, 0) is 0 Å². The third-order valence-corrected chi connectivity index (χ3v) is 2.15. The van der Waals surface area contributed by atoms with Gasteiger partial charge < -0.3 is 4.90 Å². The highest BCUT2D eigenvalue weighted by molar-refractivity contribution is 4.88. The highest BCUT2D eigenvalue weighted by Gasteiger charge is 2.06. The molecule has 1 fully saturated rings. The van der Waals surface area contributed by atoms with E-state index in [-0.39, 0.29) is 0 Å². The van der Waals surface area contributed by atoms with Crippen LogP contribution in [0.1, 0.15) is 46.5 Å². The van der Waals surface area contributed by atoms with Crippen molar-refractivity contribution in [3.05, 3.63) is 12.3 Å². The molecule has 1 saturated heterocycles. The van der Waals surface area contributed by atoms with E-state index in [4.69, 9.17) is 0 Å². The number of rotatable bonds is 1. The predicted octanol–water partition coefficient (Wildman–Crippen LogP) is 3.42. The molecule has 1 heterocycles. The summed E-state index contributed by atoms with van der Waals surface area (Å²) in [7, 11) is 0. The van der Waals surface area contributed by atoms with Gasteiger partial charge in [-0.1, -0.05) is 33.3 Å². The van der Waals surface area contributed by atoms with E-state index in [0.717, 1.165) is 0 Å². The van der Waals surface area contributed by atoms with E-state index in [1.807, 2.05) is 13.8 Å². The number of hydrogen-bond donors (Lipinski definition) is 0. The van der Waals surface area contributed by atoms with Gasteiger partial charge in [0.2, 0.25) is 0 Å². The van der Waals surface area contributed by atoms with Crippen molar-refractivity contribution in [1.82, 2.24) is 4.90 Å². The Morgan fingerprint density at radius 3 is 1.75 bits per heavy atom. The molecule has 0 spiro atoms. The summed E-state index contributed by atoms with van der Waals surface area (Å²) in [5.74, 6) is 0. The molecule has 0 aromatic carbocycles. The van der Waals surface area contributed by atoms with Crippen molar-refractivity contribution in [1.29, 1.82) is 0 Å². The zero-order valence-corrected chi connectivity index (χ0v) is 8.90.